The number of hydrogen-bond acceptors (Lipinski definition) is 2. The first-order valence-corrected chi connectivity index (χ1v) is 7.23. The number of nitrogens with two attached hydrogens (primary N) is 1. The van der Waals surface area contributed by atoms with E-state index in [9.17, 15) is 4.79 Å². The highest BCUT2D eigenvalue weighted by molar-refractivity contribution is 5.76. The Morgan fingerprint density at radius 2 is 1.95 bits per heavy atom. The third kappa shape index (κ3) is 6.39. The van der Waals surface area contributed by atoms with Gasteiger partial charge < -0.3 is 11.1 Å². The molecule has 1 aromatic carbocycles. The van der Waals surface area contributed by atoms with Crippen molar-refractivity contribution in [1.82, 2.24) is 5.32 Å². The van der Waals surface area contributed by atoms with Gasteiger partial charge >= 0.3 is 0 Å². The second-order valence-electron chi connectivity index (χ2n) is 5.19. The van der Waals surface area contributed by atoms with Crippen molar-refractivity contribution in [3.63, 3.8) is 0 Å². The van der Waals surface area contributed by atoms with Crippen LogP contribution in [-0.4, -0.2) is 11.9 Å². The van der Waals surface area contributed by atoms with Crippen LogP contribution in [0, 0.1) is 0 Å². The molecular formula is C16H26N2O. The van der Waals surface area contributed by atoms with Gasteiger partial charge in [0.25, 0.3) is 0 Å². The van der Waals surface area contributed by atoms with Crippen molar-refractivity contribution in [2.45, 2.75) is 58.0 Å². The van der Waals surface area contributed by atoms with E-state index < -0.39 is 0 Å². The molecule has 0 spiro atoms. The van der Waals surface area contributed by atoms with Crippen LogP contribution >= 0.6 is 0 Å². The Bertz CT molecular complexity index is 362. The predicted octanol–water partition coefficient (Wildman–Crippen LogP) is 3.16. The minimum atomic E-state index is 0.128. The van der Waals surface area contributed by atoms with Gasteiger partial charge in [0.2, 0.25) is 5.91 Å². The highest BCUT2D eigenvalue weighted by Crippen LogP contribution is 2.18. The number of rotatable bonds is 8. The molecule has 0 radical (unpaired) electrons. The molecule has 1 aromatic rings. The Morgan fingerprint density at radius 3 is 2.53 bits per heavy atom. The lowest BCUT2D eigenvalue weighted by molar-refractivity contribution is -0.122. The number of amides is 1. The van der Waals surface area contributed by atoms with E-state index >= 15 is 0 Å². The summed E-state index contributed by atoms with van der Waals surface area (Å²) in [6.07, 6.45) is 4.35. The highest BCUT2D eigenvalue weighted by atomic mass is 16.1. The highest BCUT2D eigenvalue weighted by Gasteiger charge is 2.13. The van der Waals surface area contributed by atoms with Crippen molar-refractivity contribution in [3.8, 4) is 0 Å². The molecule has 106 valence electrons. The summed E-state index contributed by atoms with van der Waals surface area (Å²) in [6.45, 7) is 4.11. The fourth-order valence-corrected chi connectivity index (χ4v) is 2.15. The number of nitrogens with one attached hydrogen (secondary N) is 1. The molecule has 3 heteroatoms. The van der Waals surface area contributed by atoms with Crippen molar-refractivity contribution < 1.29 is 4.79 Å². The van der Waals surface area contributed by atoms with Crippen molar-refractivity contribution in [2.24, 2.45) is 5.73 Å². The topological polar surface area (TPSA) is 55.1 Å². The van der Waals surface area contributed by atoms with E-state index in [0.29, 0.717) is 6.42 Å². The molecular weight excluding hydrogens is 236 g/mol. The van der Waals surface area contributed by atoms with E-state index in [1.807, 2.05) is 25.1 Å². The van der Waals surface area contributed by atoms with Gasteiger partial charge in [-0.25, -0.2) is 0 Å². The first kappa shape index (κ1) is 15.7. The molecule has 0 aliphatic heterocycles. The van der Waals surface area contributed by atoms with Crippen LogP contribution in [-0.2, 0) is 4.79 Å². The number of carbonyl (C=O) groups is 1. The molecule has 0 fully saturated rings. The molecule has 3 nitrogen and oxygen atoms in total. The third-order valence-corrected chi connectivity index (χ3v) is 3.18. The summed E-state index contributed by atoms with van der Waals surface area (Å²) in [7, 11) is 0. The zero-order chi connectivity index (χ0) is 14.1. The molecule has 19 heavy (non-hydrogen) atoms. The van der Waals surface area contributed by atoms with Gasteiger partial charge in [-0.2, -0.15) is 0 Å². The van der Waals surface area contributed by atoms with Gasteiger partial charge in [-0.3, -0.25) is 4.79 Å². The normalized spacial score (nSPS) is 13.8. The van der Waals surface area contributed by atoms with E-state index in [1.54, 1.807) is 0 Å². The van der Waals surface area contributed by atoms with Gasteiger partial charge in [-0.05, 0) is 31.7 Å². The van der Waals surface area contributed by atoms with Gasteiger partial charge in [0.05, 0.1) is 6.04 Å². The van der Waals surface area contributed by atoms with Crippen molar-refractivity contribution in [1.29, 1.82) is 0 Å². The summed E-state index contributed by atoms with van der Waals surface area (Å²) < 4.78 is 0. The lowest BCUT2D eigenvalue weighted by Crippen LogP contribution is -2.28. The molecule has 2 atom stereocenters. The lowest BCUT2D eigenvalue weighted by Gasteiger charge is -2.18. The van der Waals surface area contributed by atoms with Crippen LogP contribution in [0.1, 0.15) is 57.6 Å². The standard InChI is InChI=1S/C16H26N2O/c1-3-8-15(14-10-5-4-6-11-14)18-16(19)12-7-9-13(2)17/h4-6,10-11,13,15H,3,7-9,12,17H2,1-2H3,(H,18,19). The van der Waals surface area contributed by atoms with E-state index in [0.717, 1.165) is 25.7 Å². The van der Waals surface area contributed by atoms with E-state index in [-0.39, 0.29) is 18.0 Å². The van der Waals surface area contributed by atoms with E-state index in [1.165, 1.54) is 5.56 Å². The first-order chi connectivity index (χ1) is 9.13. The Labute approximate surface area is 116 Å². The average molecular weight is 262 g/mol. The molecule has 2 unspecified atom stereocenters. The van der Waals surface area contributed by atoms with Gasteiger partial charge in [0.15, 0.2) is 0 Å². The number of benzene rings is 1. The van der Waals surface area contributed by atoms with Crippen LogP contribution in [0.2, 0.25) is 0 Å². The maximum Gasteiger partial charge on any atom is 0.220 e. The zero-order valence-corrected chi connectivity index (χ0v) is 12.1. The van der Waals surface area contributed by atoms with Crippen molar-refractivity contribution in [3.05, 3.63) is 35.9 Å². The number of hydrogen-bond donors (Lipinski definition) is 2. The molecule has 0 heterocycles. The van der Waals surface area contributed by atoms with E-state index in [2.05, 4.69) is 24.4 Å². The fourth-order valence-electron chi connectivity index (χ4n) is 2.15. The monoisotopic (exact) mass is 262 g/mol. The minimum absolute atomic E-state index is 0.128. The second-order valence-corrected chi connectivity index (χ2v) is 5.19. The molecule has 0 aromatic heterocycles. The third-order valence-electron chi connectivity index (χ3n) is 3.18. The molecule has 0 saturated carbocycles. The van der Waals surface area contributed by atoms with Gasteiger partial charge in [0.1, 0.15) is 0 Å². The largest absolute Gasteiger partial charge is 0.349 e. The summed E-state index contributed by atoms with van der Waals surface area (Å²) in [5, 5.41) is 3.13. The van der Waals surface area contributed by atoms with Crippen LogP contribution in [0.3, 0.4) is 0 Å². The van der Waals surface area contributed by atoms with Crippen LogP contribution in [0.25, 0.3) is 0 Å². The van der Waals surface area contributed by atoms with Gasteiger partial charge in [0, 0.05) is 12.5 Å². The molecule has 0 bridgehead atoms. The Hall–Kier alpha value is -1.35. The predicted molar refractivity (Wildman–Crippen MR) is 79.7 cm³/mol. The molecule has 1 amide bonds. The summed E-state index contributed by atoms with van der Waals surface area (Å²) in [4.78, 5) is 11.9. The van der Waals surface area contributed by atoms with E-state index in [4.69, 9.17) is 5.73 Å². The van der Waals surface area contributed by atoms with Crippen LogP contribution in [0.15, 0.2) is 30.3 Å². The SMILES string of the molecule is CCCC(NC(=O)CCCC(C)N)c1ccccc1. The summed E-state index contributed by atoms with van der Waals surface area (Å²) in [5.74, 6) is 0.128. The maximum atomic E-state index is 11.9. The molecule has 3 N–H and O–H groups in total. The smallest absolute Gasteiger partial charge is 0.220 e. The molecule has 1 rings (SSSR count). The quantitative estimate of drug-likeness (QED) is 0.756. The Morgan fingerprint density at radius 1 is 1.26 bits per heavy atom. The summed E-state index contributed by atoms with van der Waals surface area (Å²) in [6, 6.07) is 10.5. The van der Waals surface area contributed by atoms with Gasteiger partial charge in [-0.15, -0.1) is 0 Å². The van der Waals surface area contributed by atoms with Crippen molar-refractivity contribution >= 4 is 5.91 Å². The maximum absolute atomic E-state index is 11.9. The minimum Gasteiger partial charge on any atom is -0.349 e. The lowest BCUT2D eigenvalue weighted by atomic mass is 10.0. The molecule has 0 aliphatic carbocycles. The average Bonchev–Trinajstić information content (AvgIpc) is 2.39. The fraction of sp³-hybridized carbons (Fsp3) is 0.562. The Balaban J connectivity index is 2.47. The first-order valence-electron chi connectivity index (χ1n) is 7.23. The van der Waals surface area contributed by atoms with Crippen LogP contribution in [0.4, 0.5) is 0 Å². The summed E-state index contributed by atoms with van der Waals surface area (Å²) in [5.41, 5.74) is 6.87. The van der Waals surface area contributed by atoms with Crippen molar-refractivity contribution in [2.75, 3.05) is 0 Å². The van der Waals surface area contributed by atoms with Crippen LogP contribution < -0.4 is 11.1 Å². The second kappa shape index (κ2) is 8.70. The van der Waals surface area contributed by atoms with Crippen LogP contribution in [0.5, 0.6) is 0 Å². The van der Waals surface area contributed by atoms with Gasteiger partial charge in [-0.1, -0.05) is 43.7 Å². The number of carbonyl (C=O) groups excluding carboxylic acids is 1. The summed E-state index contributed by atoms with van der Waals surface area (Å²) >= 11 is 0. The zero-order valence-electron chi connectivity index (χ0n) is 12.1. The molecule has 0 aliphatic rings. The Kier molecular flexibility index (Phi) is 7.19. The molecule has 0 saturated heterocycles.